The summed E-state index contributed by atoms with van der Waals surface area (Å²) in [5.74, 6) is 3.01. The molecule has 1 aromatic heterocycles. The van der Waals surface area contributed by atoms with Gasteiger partial charge >= 0.3 is 12.1 Å². The third-order valence-corrected chi connectivity index (χ3v) is 1.85. The Morgan fingerprint density at radius 3 is 2.71 bits per heavy atom. The van der Waals surface area contributed by atoms with Gasteiger partial charge in [-0.05, 0) is 6.07 Å². The fourth-order valence-electron chi connectivity index (χ4n) is 0.974. The summed E-state index contributed by atoms with van der Waals surface area (Å²) in [7, 11) is 0. The first-order valence-electron chi connectivity index (χ1n) is 4.24. The molecule has 0 aliphatic rings. The van der Waals surface area contributed by atoms with Crippen molar-refractivity contribution in [2.24, 2.45) is 0 Å². The van der Waals surface area contributed by atoms with Crippen molar-refractivity contribution in [3.05, 3.63) is 28.5 Å². The van der Waals surface area contributed by atoms with Crippen LogP contribution in [0.1, 0.15) is 17.5 Å². The van der Waals surface area contributed by atoms with E-state index in [1.165, 1.54) is 0 Å². The van der Waals surface area contributed by atoms with E-state index in [1.807, 2.05) is 0 Å². The Hall–Kier alpha value is -1.74. The molecule has 7 heteroatoms. The third-order valence-electron chi connectivity index (χ3n) is 1.64. The number of rotatable bonds is 1. The molecule has 1 rings (SSSR count). The number of halogens is 4. The van der Waals surface area contributed by atoms with Gasteiger partial charge in [-0.1, -0.05) is 23.4 Å². The number of pyridine rings is 1. The van der Waals surface area contributed by atoms with E-state index in [-0.39, 0.29) is 5.15 Å². The average Bonchev–Trinajstić information content (AvgIpc) is 2.15. The van der Waals surface area contributed by atoms with Gasteiger partial charge in [0.2, 0.25) is 0 Å². The minimum atomic E-state index is -4.61. The second-order valence-corrected chi connectivity index (χ2v) is 3.31. The van der Waals surface area contributed by atoms with E-state index in [0.29, 0.717) is 6.20 Å². The van der Waals surface area contributed by atoms with Crippen LogP contribution >= 0.6 is 11.6 Å². The molecule has 0 saturated carbocycles. The van der Waals surface area contributed by atoms with Gasteiger partial charge < -0.3 is 5.11 Å². The Bertz CT molecular complexity index is 502. The van der Waals surface area contributed by atoms with Crippen LogP contribution < -0.4 is 0 Å². The highest BCUT2D eigenvalue weighted by molar-refractivity contribution is 6.29. The van der Waals surface area contributed by atoms with Crippen molar-refractivity contribution in [3.8, 4) is 11.8 Å². The van der Waals surface area contributed by atoms with E-state index in [1.54, 1.807) is 0 Å². The highest BCUT2D eigenvalue weighted by atomic mass is 35.5. The number of carbonyl (C=O) groups is 1. The fraction of sp³-hybridized carbons (Fsp3) is 0.200. The van der Waals surface area contributed by atoms with Crippen molar-refractivity contribution in [1.82, 2.24) is 4.98 Å². The molecule has 1 heterocycles. The van der Waals surface area contributed by atoms with Gasteiger partial charge in [0.05, 0.1) is 5.56 Å². The molecule has 0 bridgehead atoms. The van der Waals surface area contributed by atoms with E-state index in [9.17, 15) is 18.0 Å². The maximum atomic E-state index is 12.5. The van der Waals surface area contributed by atoms with Crippen LogP contribution in [-0.4, -0.2) is 16.1 Å². The topological polar surface area (TPSA) is 50.2 Å². The van der Waals surface area contributed by atoms with E-state index >= 15 is 0 Å². The summed E-state index contributed by atoms with van der Waals surface area (Å²) in [6.45, 7) is 0. The van der Waals surface area contributed by atoms with Crippen LogP contribution in [0.15, 0.2) is 12.3 Å². The first kappa shape index (κ1) is 13.3. The summed E-state index contributed by atoms with van der Waals surface area (Å²) in [6, 6.07) is 0.944. The number of alkyl halides is 3. The number of hydrogen-bond donors (Lipinski definition) is 1. The molecule has 0 aliphatic heterocycles. The molecule has 0 aliphatic carbocycles. The highest BCUT2D eigenvalue weighted by Gasteiger charge is 2.33. The van der Waals surface area contributed by atoms with E-state index < -0.39 is 29.7 Å². The smallest absolute Gasteiger partial charge is 0.419 e. The van der Waals surface area contributed by atoms with Crippen LogP contribution in [0, 0.1) is 11.8 Å². The van der Waals surface area contributed by atoms with Gasteiger partial charge in [0.1, 0.15) is 11.6 Å². The first-order valence-corrected chi connectivity index (χ1v) is 4.62. The van der Waals surface area contributed by atoms with Gasteiger partial charge in [-0.15, -0.1) is 0 Å². The van der Waals surface area contributed by atoms with Gasteiger partial charge in [0, 0.05) is 11.8 Å². The quantitative estimate of drug-likeness (QED) is 0.626. The Morgan fingerprint density at radius 2 is 2.18 bits per heavy atom. The molecular weight excluding hydrogens is 259 g/mol. The van der Waals surface area contributed by atoms with Gasteiger partial charge in [0.25, 0.3) is 0 Å². The van der Waals surface area contributed by atoms with Gasteiger partial charge in [-0.2, -0.15) is 13.2 Å². The number of carboxylic acid groups (broad SMARTS) is 1. The lowest BCUT2D eigenvalue weighted by atomic mass is 10.1. The average molecular weight is 264 g/mol. The van der Waals surface area contributed by atoms with Gasteiger partial charge in [-0.3, -0.25) is 4.79 Å². The molecular formula is C10H5ClF3NO2. The van der Waals surface area contributed by atoms with Gasteiger partial charge in [0.15, 0.2) is 0 Å². The van der Waals surface area contributed by atoms with Crippen LogP contribution in [0.3, 0.4) is 0 Å². The second kappa shape index (κ2) is 5.06. The molecule has 1 N–H and O–H groups in total. The maximum Gasteiger partial charge on any atom is 0.419 e. The summed E-state index contributed by atoms with van der Waals surface area (Å²) in [4.78, 5) is 13.5. The van der Waals surface area contributed by atoms with E-state index in [2.05, 4.69) is 16.8 Å². The van der Waals surface area contributed by atoms with Crippen LogP contribution in [0.2, 0.25) is 5.15 Å². The maximum absolute atomic E-state index is 12.5. The highest BCUT2D eigenvalue weighted by Crippen LogP contribution is 2.31. The predicted octanol–water partition coefficient (Wildman–Crippen LogP) is 2.58. The van der Waals surface area contributed by atoms with Crippen molar-refractivity contribution >= 4 is 17.6 Å². The molecule has 0 amide bonds. The molecule has 0 aromatic carbocycles. The lowest BCUT2D eigenvalue weighted by Gasteiger charge is -2.08. The summed E-state index contributed by atoms with van der Waals surface area (Å²) in [6.07, 6.45) is -4.59. The molecule has 0 fully saturated rings. The first-order chi connectivity index (χ1) is 7.80. The molecule has 0 unspecified atom stereocenters. The molecule has 17 heavy (non-hydrogen) atoms. The molecule has 0 radical (unpaired) electrons. The Labute approximate surface area is 99.2 Å². The minimum absolute atomic E-state index is 0.141. The minimum Gasteiger partial charge on any atom is -0.481 e. The lowest BCUT2D eigenvalue weighted by Crippen LogP contribution is -2.08. The molecule has 0 spiro atoms. The van der Waals surface area contributed by atoms with Crippen LogP contribution in [0.4, 0.5) is 13.2 Å². The third kappa shape index (κ3) is 3.96. The van der Waals surface area contributed by atoms with Crippen molar-refractivity contribution in [2.75, 3.05) is 0 Å². The Balaban J connectivity index is 3.15. The standard InChI is InChI=1S/C10H5ClF3NO2/c11-8-4-6(2-1-3-9(16)17)7(5-15-8)10(12,13)14/h4-5H,3H2,(H,16,17). The van der Waals surface area contributed by atoms with Crippen molar-refractivity contribution in [1.29, 1.82) is 0 Å². The zero-order valence-corrected chi connectivity index (χ0v) is 8.93. The number of aliphatic carboxylic acids is 1. The Kier molecular flexibility index (Phi) is 3.97. The number of carboxylic acids is 1. The van der Waals surface area contributed by atoms with Crippen molar-refractivity contribution in [2.45, 2.75) is 12.6 Å². The van der Waals surface area contributed by atoms with Crippen molar-refractivity contribution < 1.29 is 23.1 Å². The van der Waals surface area contributed by atoms with Crippen LogP contribution in [-0.2, 0) is 11.0 Å². The van der Waals surface area contributed by atoms with Gasteiger partial charge in [-0.25, -0.2) is 4.98 Å². The van der Waals surface area contributed by atoms with E-state index in [0.717, 1.165) is 6.07 Å². The molecule has 0 saturated heterocycles. The number of hydrogen-bond acceptors (Lipinski definition) is 2. The SMILES string of the molecule is O=C(O)CC#Cc1cc(Cl)ncc1C(F)(F)F. The lowest BCUT2D eigenvalue weighted by molar-refractivity contribution is -0.138. The van der Waals surface area contributed by atoms with E-state index in [4.69, 9.17) is 16.7 Å². The van der Waals surface area contributed by atoms with Crippen LogP contribution in [0.5, 0.6) is 0 Å². The fourth-order valence-corrected chi connectivity index (χ4v) is 1.13. The molecule has 90 valence electrons. The summed E-state index contributed by atoms with van der Waals surface area (Å²) in [5, 5.41) is 8.17. The zero-order valence-electron chi connectivity index (χ0n) is 8.18. The molecule has 1 aromatic rings. The summed E-state index contributed by atoms with van der Waals surface area (Å²) in [5.41, 5.74) is -1.43. The van der Waals surface area contributed by atoms with Crippen LogP contribution in [0.25, 0.3) is 0 Å². The zero-order chi connectivity index (χ0) is 13.1. The number of aromatic nitrogens is 1. The predicted molar refractivity (Wildman–Crippen MR) is 53.4 cm³/mol. The second-order valence-electron chi connectivity index (χ2n) is 2.92. The monoisotopic (exact) mass is 263 g/mol. The van der Waals surface area contributed by atoms with Crippen molar-refractivity contribution in [3.63, 3.8) is 0 Å². The largest absolute Gasteiger partial charge is 0.481 e. The Morgan fingerprint density at radius 1 is 1.53 bits per heavy atom. The summed E-state index contributed by atoms with van der Waals surface area (Å²) >= 11 is 5.45. The number of nitrogens with zero attached hydrogens (tertiary/aromatic N) is 1. The summed E-state index contributed by atoms with van der Waals surface area (Å²) < 4.78 is 37.5. The normalized spacial score (nSPS) is 10.6. The molecule has 0 atom stereocenters. The molecule has 3 nitrogen and oxygen atoms in total.